The summed E-state index contributed by atoms with van der Waals surface area (Å²) in [5.74, 6) is 0. The summed E-state index contributed by atoms with van der Waals surface area (Å²) in [6, 6.07) is 0.360. The van der Waals surface area contributed by atoms with Crippen molar-refractivity contribution >= 4 is 21.6 Å². The molecular formula is C13H20BrN3O2. The minimum absolute atomic E-state index is 0.0955. The van der Waals surface area contributed by atoms with Crippen LogP contribution in [0.5, 0.6) is 0 Å². The smallest absolute Gasteiger partial charge is 0.283 e. The molecule has 2 N–H and O–H groups in total. The van der Waals surface area contributed by atoms with E-state index in [1.54, 1.807) is 6.20 Å². The molecule has 0 amide bonds. The zero-order chi connectivity index (χ0) is 14.0. The molecule has 0 radical (unpaired) electrons. The molecule has 6 heteroatoms. The number of aliphatic hydroxyl groups is 1. The molecule has 1 aromatic heterocycles. The van der Waals surface area contributed by atoms with Crippen LogP contribution in [0.2, 0.25) is 0 Å². The van der Waals surface area contributed by atoms with Gasteiger partial charge in [0, 0.05) is 6.04 Å². The standard InChI is InChI=1S/C13H20BrN3O2/c1-13(2)5-3-4-10(13)16-9-8-15-17(6-7-18)12(19)11(9)14/h8,10,16,18H,3-7H2,1-2H3. The van der Waals surface area contributed by atoms with Crippen molar-refractivity contribution in [1.82, 2.24) is 9.78 Å². The molecule has 0 aromatic carbocycles. The SMILES string of the molecule is CC1(C)CCCC1Nc1cnn(CCO)c(=O)c1Br. The van der Waals surface area contributed by atoms with Gasteiger partial charge in [-0.05, 0) is 34.2 Å². The number of nitrogens with one attached hydrogen (secondary N) is 1. The van der Waals surface area contributed by atoms with Gasteiger partial charge < -0.3 is 10.4 Å². The van der Waals surface area contributed by atoms with Crippen LogP contribution in [-0.4, -0.2) is 27.5 Å². The zero-order valence-corrected chi connectivity index (χ0v) is 12.9. The van der Waals surface area contributed by atoms with E-state index in [0.717, 1.165) is 12.1 Å². The van der Waals surface area contributed by atoms with E-state index in [-0.39, 0.29) is 24.1 Å². The van der Waals surface area contributed by atoms with Gasteiger partial charge >= 0.3 is 0 Å². The third kappa shape index (κ3) is 3.00. The van der Waals surface area contributed by atoms with Crippen LogP contribution in [0.1, 0.15) is 33.1 Å². The molecule has 0 aliphatic heterocycles. The Kier molecular flexibility index (Phi) is 4.30. The largest absolute Gasteiger partial charge is 0.394 e. The maximum Gasteiger partial charge on any atom is 0.283 e. The highest BCUT2D eigenvalue weighted by molar-refractivity contribution is 9.10. The van der Waals surface area contributed by atoms with E-state index in [1.807, 2.05) is 0 Å². The van der Waals surface area contributed by atoms with Crippen LogP contribution >= 0.6 is 15.9 Å². The third-order valence-electron chi connectivity index (χ3n) is 3.88. The minimum atomic E-state index is -0.213. The van der Waals surface area contributed by atoms with Gasteiger partial charge in [0.25, 0.3) is 5.56 Å². The van der Waals surface area contributed by atoms with Gasteiger partial charge in [-0.1, -0.05) is 20.3 Å². The summed E-state index contributed by atoms with van der Waals surface area (Å²) in [5, 5.41) is 16.4. The van der Waals surface area contributed by atoms with Gasteiger partial charge in [0.2, 0.25) is 0 Å². The maximum absolute atomic E-state index is 12.0. The van der Waals surface area contributed by atoms with Crippen molar-refractivity contribution in [1.29, 1.82) is 0 Å². The molecule has 1 aliphatic rings. The summed E-state index contributed by atoms with van der Waals surface area (Å²) in [6.07, 6.45) is 5.16. The Morgan fingerprint density at radius 3 is 2.95 bits per heavy atom. The van der Waals surface area contributed by atoms with Gasteiger partial charge in [0.15, 0.2) is 0 Å². The highest BCUT2D eigenvalue weighted by atomic mass is 79.9. The average Bonchev–Trinajstić information content (AvgIpc) is 2.68. The van der Waals surface area contributed by atoms with Gasteiger partial charge in [0.05, 0.1) is 25.0 Å². The molecule has 1 fully saturated rings. The number of hydrogen-bond acceptors (Lipinski definition) is 4. The van der Waals surface area contributed by atoms with E-state index >= 15 is 0 Å². The van der Waals surface area contributed by atoms with Crippen LogP contribution < -0.4 is 10.9 Å². The number of hydrogen-bond donors (Lipinski definition) is 2. The fourth-order valence-electron chi connectivity index (χ4n) is 2.60. The van der Waals surface area contributed by atoms with E-state index in [1.165, 1.54) is 17.5 Å². The number of aromatic nitrogens is 2. The van der Waals surface area contributed by atoms with Crippen molar-refractivity contribution in [3.8, 4) is 0 Å². The lowest BCUT2D eigenvalue weighted by Crippen LogP contribution is -2.33. The third-order valence-corrected chi connectivity index (χ3v) is 4.65. The number of nitrogens with zero attached hydrogens (tertiary/aromatic N) is 2. The van der Waals surface area contributed by atoms with Crippen molar-refractivity contribution in [2.24, 2.45) is 5.41 Å². The van der Waals surface area contributed by atoms with Crippen LogP contribution in [0.3, 0.4) is 0 Å². The molecule has 2 rings (SSSR count). The molecule has 1 unspecified atom stereocenters. The van der Waals surface area contributed by atoms with E-state index < -0.39 is 0 Å². The molecular weight excluding hydrogens is 310 g/mol. The fraction of sp³-hybridized carbons (Fsp3) is 0.692. The Bertz CT molecular complexity index is 513. The zero-order valence-electron chi connectivity index (χ0n) is 11.3. The molecule has 19 heavy (non-hydrogen) atoms. The van der Waals surface area contributed by atoms with Gasteiger partial charge in [0.1, 0.15) is 4.47 Å². The van der Waals surface area contributed by atoms with Crippen molar-refractivity contribution in [3.63, 3.8) is 0 Å². The lowest BCUT2D eigenvalue weighted by molar-refractivity contribution is 0.266. The Labute approximate surface area is 121 Å². The van der Waals surface area contributed by atoms with E-state index in [4.69, 9.17) is 5.11 Å². The summed E-state index contributed by atoms with van der Waals surface area (Å²) < 4.78 is 1.74. The molecule has 0 bridgehead atoms. The maximum atomic E-state index is 12.0. The summed E-state index contributed by atoms with van der Waals surface area (Å²) in [4.78, 5) is 12.0. The van der Waals surface area contributed by atoms with Crippen molar-refractivity contribution in [2.75, 3.05) is 11.9 Å². The molecule has 1 saturated carbocycles. The normalized spacial score (nSPS) is 21.6. The number of rotatable bonds is 4. The first-order valence-electron chi connectivity index (χ1n) is 6.59. The molecule has 1 atom stereocenters. The molecule has 1 aliphatic carbocycles. The number of halogens is 1. The van der Waals surface area contributed by atoms with Crippen LogP contribution in [0, 0.1) is 5.41 Å². The second-order valence-corrected chi connectivity index (χ2v) is 6.49. The molecule has 1 aromatic rings. The summed E-state index contributed by atoms with van der Waals surface area (Å²) >= 11 is 3.33. The van der Waals surface area contributed by atoms with Gasteiger partial charge in [-0.25, -0.2) is 4.68 Å². The quantitative estimate of drug-likeness (QED) is 0.886. The number of aliphatic hydroxyl groups excluding tert-OH is 1. The predicted molar refractivity (Wildman–Crippen MR) is 78.3 cm³/mol. The van der Waals surface area contributed by atoms with Gasteiger partial charge in [-0.15, -0.1) is 0 Å². The Morgan fingerprint density at radius 1 is 1.63 bits per heavy atom. The topological polar surface area (TPSA) is 67.2 Å². The Morgan fingerprint density at radius 2 is 2.37 bits per heavy atom. The van der Waals surface area contributed by atoms with Crippen molar-refractivity contribution in [2.45, 2.75) is 45.7 Å². The summed E-state index contributed by atoms with van der Waals surface area (Å²) in [7, 11) is 0. The molecule has 5 nitrogen and oxygen atoms in total. The first-order chi connectivity index (χ1) is 8.95. The number of anilines is 1. The van der Waals surface area contributed by atoms with E-state index in [9.17, 15) is 4.79 Å². The highest BCUT2D eigenvalue weighted by Crippen LogP contribution is 2.39. The predicted octanol–water partition coefficient (Wildman–Crippen LogP) is 1.99. The van der Waals surface area contributed by atoms with Crippen molar-refractivity contribution in [3.05, 3.63) is 21.0 Å². The van der Waals surface area contributed by atoms with Gasteiger partial charge in [-0.2, -0.15) is 5.10 Å². The van der Waals surface area contributed by atoms with Crippen LogP contribution in [-0.2, 0) is 6.54 Å². The first kappa shape index (κ1) is 14.5. The molecule has 0 saturated heterocycles. The lowest BCUT2D eigenvalue weighted by atomic mass is 9.87. The fourth-order valence-corrected chi connectivity index (χ4v) is 3.02. The van der Waals surface area contributed by atoms with Crippen LogP contribution in [0.15, 0.2) is 15.5 Å². The Balaban J connectivity index is 2.22. The second-order valence-electron chi connectivity index (χ2n) is 5.70. The monoisotopic (exact) mass is 329 g/mol. The minimum Gasteiger partial charge on any atom is -0.394 e. The Hall–Kier alpha value is -0.880. The molecule has 106 valence electrons. The van der Waals surface area contributed by atoms with E-state index in [2.05, 4.69) is 40.2 Å². The van der Waals surface area contributed by atoms with Crippen LogP contribution in [0.4, 0.5) is 5.69 Å². The highest BCUT2D eigenvalue weighted by Gasteiger charge is 2.34. The summed E-state index contributed by atoms with van der Waals surface area (Å²) in [5.41, 5.74) is 0.758. The van der Waals surface area contributed by atoms with Crippen molar-refractivity contribution < 1.29 is 5.11 Å². The first-order valence-corrected chi connectivity index (χ1v) is 7.38. The van der Waals surface area contributed by atoms with E-state index in [0.29, 0.717) is 10.5 Å². The van der Waals surface area contributed by atoms with Crippen LogP contribution in [0.25, 0.3) is 0 Å². The molecule has 1 heterocycles. The molecule has 0 spiro atoms. The second kappa shape index (κ2) is 5.63. The summed E-state index contributed by atoms with van der Waals surface area (Å²) in [6.45, 7) is 4.60. The lowest BCUT2D eigenvalue weighted by Gasteiger charge is -2.28. The van der Waals surface area contributed by atoms with Gasteiger partial charge in [-0.3, -0.25) is 4.79 Å². The average molecular weight is 330 g/mol.